The second-order valence-corrected chi connectivity index (χ2v) is 11.0. The normalized spacial score (nSPS) is 14.4. The van der Waals surface area contributed by atoms with Crippen molar-refractivity contribution in [2.24, 2.45) is 0 Å². The molecule has 10 heteroatoms. The Morgan fingerprint density at radius 2 is 1.51 bits per heavy atom. The Balaban J connectivity index is 1.38. The molecular formula is C31H35N7O3. The van der Waals surface area contributed by atoms with Gasteiger partial charge in [0.05, 0.1) is 6.04 Å². The predicted octanol–water partition coefficient (Wildman–Crippen LogP) is 5.20. The summed E-state index contributed by atoms with van der Waals surface area (Å²) in [6, 6.07) is 21.6. The fourth-order valence-electron chi connectivity index (χ4n) is 4.60. The van der Waals surface area contributed by atoms with E-state index < -0.39 is 5.60 Å². The van der Waals surface area contributed by atoms with E-state index in [1.807, 2.05) is 73.9 Å². The zero-order valence-electron chi connectivity index (χ0n) is 23.8. The zero-order valence-corrected chi connectivity index (χ0v) is 23.8. The highest BCUT2D eigenvalue weighted by Gasteiger charge is 2.29. The van der Waals surface area contributed by atoms with Gasteiger partial charge in [-0.3, -0.25) is 9.36 Å². The number of carbonyl (C=O) groups excluding carboxylic acids is 2. The van der Waals surface area contributed by atoms with Crippen molar-refractivity contribution in [3.8, 4) is 17.2 Å². The minimum absolute atomic E-state index is 0.000633. The number of hydrogen-bond acceptors (Lipinski definition) is 7. The fourth-order valence-corrected chi connectivity index (χ4v) is 4.60. The third kappa shape index (κ3) is 6.71. The van der Waals surface area contributed by atoms with Gasteiger partial charge in [0, 0.05) is 44.1 Å². The topological polar surface area (TPSA) is 105 Å². The molecule has 1 aliphatic heterocycles. The van der Waals surface area contributed by atoms with Gasteiger partial charge in [0.2, 0.25) is 5.95 Å². The van der Waals surface area contributed by atoms with Crippen LogP contribution >= 0.6 is 0 Å². The molecule has 0 radical (unpaired) electrons. The van der Waals surface area contributed by atoms with Crippen LogP contribution in [-0.2, 0) is 4.74 Å². The first-order valence-corrected chi connectivity index (χ1v) is 13.7. The molecule has 212 valence electrons. The van der Waals surface area contributed by atoms with E-state index in [0.29, 0.717) is 49.5 Å². The molecule has 5 rings (SSSR count). The van der Waals surface area contributed by atoms with Gasteiger partial charge in [-0.2, -0.15) is 4.98 Å². The molecule has 1 aliphatic rings. The van der Waals surface area contributed by atoms with Crippen LogP contribution in [0.25, 0.3) is 17.2 Å². The molecule has 1 atom stereocenters. The first kappa shape index (κ1) is 27.8. The second kappa shape index (κ2) is 11.8. The lowest BCUT2D eigenvalue weighted by molar-refractivity contribution is 0.0140. The molecule has 3 heterocycles. The van der Waals surface area contributed by atoms with E-state index in [1.54, 1.807) is 28.3 Å². The van der Waals surface area contributed by atoms with Crippen LogP contribution in [0.2, 0.25) is 0 Å². The molecule has 0 aliphatic carbocycles. The molecule has 2 aromatic carbocycles. The molecule has 0 unspecified atom stereocenters. The summed E-state index contributed by atoms with van der Waals surface area (Å²) in [6.07, 6.45) is 3.04. The second-order valence-electron chi connectivity index (χ2n) is 11.0. The molecule has 4 aromatic rings. The maximum Gasteiger partial charge on any atom is 0.410 e. The summed E-state index contributed by atoms with van der Waals surface area (Å²) in [7, 11) is 0. The van der Waals surface area contributed by atoms with Crippen LogP contribution in [0, 0.1) is 0 Å². The predicted molar refractivity (Wildman–Crippen MR) is 157 cm³/mol. The van der Waals surface area contributed by atoms with Gasteiger partial charge in [-0.15, -0.1) is 0 Å². The highest BCUT2D eigenvalue weighted by molar-refractivity contribution is 5.93. The third-order valence-electron chi connectivity index (χ3n) is 6.71. The van der Waals surface area contributed by atoms with Crippen molar-refractivity contribution in [1.29, 1.82) is 0 Å². The van der Waals surface area contributed by atoms with Crippen LogP contribution < -0.4 is 5.32 Å². The number of amides is 2. The molecule has 1 saturated heterocycles. The molecule has 0 saturated carbocycles. The number of benzene rings is 2. The summed E-state index contributed by atoms with van der Waals surface area (Å²) in [4.78, 5) is 43.3. The average Bonchev–Trinajstić information content (AvgIpc) is 3.43. The van der Waals surface area contributed by atoms with E-state index in [-0.39, 0.29) is 18.0 Å². The number of imidazole rings is 1. The molecule has 0 spiro atoms. The van der Waals surface area contributed by atoms with E-state index in [4.69, 9.17) is 14.7 Å². The van der Waals surface area contributed by atoms with Crippen molar-refractivity contribution in [3.05, 3.63) is 90.4 Å². The molecular weight excluding hydrogens is 518 g/mol. The summed E-state index contributed by atoms with van der Waals surface area (Å²) in [5.41, 5.74) is 1.71. The maximum absolute atomic E-state index is 13.6. The summed E-state index contributed by atoms with van der Waals surface area (Å²) in [6.45, 7) is 9.15. The van der Waals surface area contributed by atoms with Crippen molar-refractivity contribution in [1.82, 2.24) is 29.3 Å². The molecule has 1 N–H and O–H groups in total. The molecule has 10 nitrogen and oxygen atoms in total. The number of aromatic nitrogens is 4. The Morgan fingerprint density at radius 1 is 0.878 bits per heavy atom. The first-order chi connectivity index (χ1) is 19.7. The van der Waals surface area contributed by atoms with E-state index in [2.05, 4.69) is 29.4 Å². The van der Waals surface area contributed by atoms with Gasteiger partial charge < -0.3 is 19.9 Å². The number of nitrogens with one attached hydrogen (secondary N) is 1. The number of piperazine rings is 1. The standard InChI is InChI=1S/C31H35N7O3/c1-22(23-11-7-5-8-12-23)33-29-32-16-15-26(35-29)38-21-25(34-27(38)24-13-9-6-10-14-24)28(39)36-17-19-37(20-18-36)30(40)41-31(2,3)4/h5-16,21-22H,17-20H2,1-4H3,(H,32,33,35)/t22-/m0/s1. The van der Waals surface area contributed by atoms with Gasteiger partial charge in [-0.25, -0.2) is 14.8 Å². The lowest BCUT2D eigenvalue weighted by atomic mass is 10.1. The van der Waals surface area contributed by atoms with Crippen molar-refractivity contribution >= 4 is 17.9 Å². The number of carbonyl (C=O) groups is 2. The average molecular weight is 554 g/mol. The van der Waals surface area contributed by atoms with E-state index in [0.717, 1.165) is 11.1 Å². The quantitative estimate of drug-likeness (QED) is 0.350. The van der Waals surface area contributed by atoms with Gasteiger partial charge in [-0.1, -0.05) is 60.7 Å². The van der Waals surface area contributed by atoms with E-state index in [1.165, 1.54) is 0 Å². The van der Waals surface area contributed by atoms with Gasteiger partial charge in [0.25, 0.3) is 5.91 Å². The summed E-state index contributed by atoms with van der Waals surface area (Å²) in [5.74, 6) is 1.46. The lowest BCUT2D eigenvalue weighted by Crippen LogP contribution is -2.51. The van der Waals surface area contributed by atoms with Gasteiger partial charge in [0.1, 0.15) is 22.9 Å². The van der Waals surface area contributed by atoms with Crippen molar-refractivity contribution in [2.75, 3.05) is 31.5 Å². The molecule has 1 fully saturated rings. The number of nitrogens with zero attached hydrogens (tertiary/aromatic N) is 6. The fraction of sp³-hybridized carbons (Fsp3) is 0.323. The Bertz CT molecular complexity index is 1490. The van der Waals surface area contributed by atoms with Gasteiger partial charge in [0.15, 0.2) is 0 Å². The third-order valence-corrected chi connectivity index (χ3v) is 6.71. The monoisotopic (exact) mass is 553 g/mol. The van der Waals surface area contributed by atoms with Gasteiger partial charge >= 0.3 is 6.09 Å². The van der Waals surface area contributed by atoms with Crippen molar-refractivity contribution in [2.45, 2.75) is 39.3 Å². The Labute approximate surface area is 240 Å². The highest BCUT2D eigenvalue weighted by Crippen LogP contribution is 2.24. The molecule has 2 aromatic heterocycles. The number of anilines is 1. The minimum atomic E-state index is -0.569. The molecule has 2 amide bonds. The maximum atomic E-state index is 13.6. The highest BCUT2D eigenvalue weighted by atomic mass is 16.6. The Morgan fingerprint density at radius 3 is 2.17 bits per heavy atom. The molecule has 41 heavy (non-hydrogen) atoms. The zero-order chi connectivity index (χ0) is 29.0. The van der Waals surface area contributed by atoms with E-state index in [9.17, 15) is 9.59 Å². The summed E-state index contributed by atoms with van der Waals surface area (Å²) >= 11 is 0. The van der Waals surface area contributed by atoms with Crippen LogP contribution in [0.4, 0.5) is 10.7 Å². The van der Waals surface area contributed by atoms with Crippen LogP contribution in [0.15, 0.2) is 79.1 Å². The summed E-state index contributed by atoms with van der Waals surface area (Å²) in [5, 5.41) is 3.36. The number of hydrogen-bond donors (Lipinski definition) is 1. The van der Waals surface area contributed by atoms with Gasteiger partial charge in [-0.05, 0) is 39.3 Å². The minimum Gasteiger partial charge on any atom is -0.444 e. The smallest absolute Gasteiger partial charge is 0.410 e. The molecule has 0 bridgehead atoms. The summed E-state index contributed by atoms with van der Waals surface area (Å²) < 4.78 is 7.30. The van der Waals surface area contributed by atoms with Crippen LogP contribution in [0.5, 0.6) is 0 Å². The number of rotatable bonds is 6. The largest absolute Gasteiger partial charge is 0.444 e. The van der Waals surface area contributed by atoms with Crippen molar-refractivity contribution in [3.63, 3.8) is 0 Å². The van der Waals surface area contributed by atoms with Crippen LogP contribution in [0.3, 0.4) is 0 Å². The Hall–Kier alpha value is -4.73. The van der Waals surface area contributed by atoms with E-state index >= 15 is 0 Å². The lowest BCUT2D eigenvalue weighted by Gasteiger charge is -2.35. The Kier molecular flexibility index (Phi) is 8.00. The first-order valence-electron chi connectivity index (χ1n) is 13.7. The SMILES string of the molecule is C[C@H](Nc1nccc(-n2cc(C(=O)N3CCN(C(=O)OC(C)(C)C)CC3)nc2-c2ccccc2)n1)c1ccccc1. The van der Waals surface area contributed by atoms with Crippen molar-refractivity contribution < 1.29 is 14.3 Å². The number of ether oxygens (including phenoxy) is 1. The van der Waals surface area contributed by atoms with Crippen LogP contribution in [0.1, 0.15) is 49.8 Å². The van der Waals surface area contributed by atoms with Crippen LogP contribution in [-0.4, -0.2) is 73.1 Å².